The highest BCUT2D eigenvalue weighted by molar-refractivity contribution is 14.1. The van der Waals surface area contributed by atoms with Gasteiger partial charge in [-0.1, -0.05) is 0 Å². The van der Waals surface area contributed by atoms with Gasteiger partial charge < -0.3 is 5.73 Å². The van der Waals surface area contributed by atoms with Crippen LogP contribution in [0.4, 0.5) is 9.18 Å². The monoisotopic (exact) mass is 307 g/mol. The highest BCUT2D eigenvalue weighted by atomic mass is 127. The van der Waals surface area contributed by atoms with Crippen molar-refractivity contribution in [3.05, 3.63) is 33.1 Å². The molecule has 1 aromatic carbocycles. The van der Waals surface area contributed by atoms with E-state index >= 15 is 0 Å². The molecule has 0 saturated carbocycles. The average molecular weight is 307 g/mol. The molecule has 0 bridgehead atoms. The molecule has 0 unspecified atom stereocenters. The Balaban J connectivity index is 2.80. The smallest absolute Gasteiger partial charge is 0.332 e. The number of carbonyl (C=O) groups excluding carboxylic acids is 1. The van der Waals surface area contributed by atoms with Gasteiger partial charge >= 0.3 is 6.03 Å². The molecule has 2 amide bonds. The lowest BCUT2D eigenvalue weighted by molar-refractivity contribution is 0.249. The second-order valence-corrected chi connectivity index (χ2v) is 3.65. The number of rotatable bonds is 2. The summed E-state index contributed by atoms with van der Waals surface area (Å²) in [7, 11) is 0. The van der Waals surface area contributed by atoms with E-state index < -0.39 is 11.8 Å². The van der Waals surface area contributed by atoms with Gasteiger partial charge in [-0.3, -0.25) is 0 Å². The molecule has 14 heavy (non-hydrogen) atoms. The van der Waals surface area contributed by atoms with E-state index in [4.69, 9.17) is 5.73 Å². The standard InChI is InChI=1S/C8H7FIN3O/c9-7-2-1-6(10)3-5(7)4-12-13-8(11)14/h1-4H,(H3,11,13,14). The summed E-state index contributed by atoms with van der Waals surface area (Å²) >= 11 is 2.05. The van der Waals surface area contributed by atoms with Crippen LogP contribution in [0.25, 0.3) is 0 Å². The van der Waals surface area contributed by atoms with E-state index in [-0.39, 0.29) is 0 Å². The zero-order valence-corrected chi connectivity index (χ0v) is 9.16. The van der Waals surface area contributed by atoms with Crippen LogP contribution < -0.4 is 11.2 Å². The minimum absolute atomic E-state index is 0.297. The highest BCUT2D eigenvalue weighted by Crippen LogP contribution is 2.10. The Kier molecular flexibility index (Phi) is 3.81. The average Bonchev–Trinajstić information content (AvgIpc) is 2.10. The maximum absolute atomic E-state index is 13.1. The van der Waals surface area contributed by atoms with E-state index in [1.54, 1.807) is 12.1 Å². The fourth-order valence-electron chi connectivity index (χ4n) is 0.779. The topological polar surface area (TPSA) is 67.5 Å². The van der Waals surface area contributed by atoms with Crippen molar-refractivity contribution < 1.29 is 9.18 Å². The van der Waals surface area contributed by atoms with Gasteiger partial charge in [0.05, 0.1) is 6.21 Å². The number of halogens is 2. The highest BCUT2D eigenvalue weighted by Gasteiger charge is 1.99. The van der Waals surface area contributed by atoms with Crippen LogP contribution in [0.1, 0.15) is 5.56 Å². The van der Waals surface area contributed by atoms with Crippen molar-refractivity contribution >= 4 is 34.8 Å². The van der Waals surface area contributed by atoms with Gasteiger partial charge in [-0.15, -0.1) is 0 Å². The number of hydrazone groups is 1. The van der Waals surface area contributed by atoms with Crippen molar-refractivity contribution in [2.45, 2.75) is 0 Å². The van der Waals surface area contributed by atoms with Crippen molar-refractivity contribution in [2.75, 3.05) is 0 Å². The number of amides is 2. The van der Waals surface area contributed by atoms with Crippen molar-refractivity contribution in [1.82, 2.24) is 5.43 Å². The second kappa shape index (κ2) is 4.89. The van der Waals surface area contributed by atoms with Crippen LogP contribution in [0.3, 0.4) is 0 Å². The lowest BCUT2D eigenvalue weighted by Crippen LogP contribution is -2.24. The molecule has 3 N–H and O–H groups in total. The number of primary amides is 1. The summed E-state index contributed by atoms with van der Waals surface area (Å²) in [6, 6.07) is 3.77. The van der Waals surface area contributed by atoms with Crippen LogP contribution in [0.15, 0.2) is 23.3 Å². The summed E-state index contributed by atoms with van der Waals surface area (Å²) < 4.78 is 13.9. The van der Waals surface area contributed by atoms with E-state index in [1.165, 1.54) is 12.3 Å². The second-order valence-electron chi connectivity index (χ2n) is 2.40. The maximum Gasteiger partial charge on any atom is 0.332 e. The molecule has 0 aliphatic rings. The fraction of sp³-hybridized carbons (Fsp3) is 0. The zero-order chi connectivity index (χ0) is 10.6. The summed E-state index contributed by atoms with van der Waals surface area (Å²) in [5, 5.41) is 3.45. The molecule has 1 aromatic rings. The molecule has 1 rings (SSSR count). The van der Waals surface area contributed by atoms with Crippen LogP contribution in [0, 0.1) is 9.39 Å². The van der Waals surface area contributed by atoms with E-state index in [2.05, 4.69) is 5.10 Å². The summed E-state index contributed by atoms with van der Waals surface area (Å²) in [4.78, 5) is 10.2. The molecule has 0 aliphatic carbocycles. The van der Waals surface area contributed by atoms with Gasteiger partial charge in [-0.25, -0.2) is 14.6 Å². The SMILES string of the molecule is NC(=O)NN=Cc1cc(I)ccc1F. The number of hydrogen-bond acceptors (Lipinski definition) is 2. The number of hydrogen-bond donors (Lipinski definition) is 2. The quantitative estimate of drug-likeness (QED) is 0.484. The van der Waals surface area contributed by atoms with Gasteiger partial charge in [0.15, 0.2) is 0 Å². The number of nitrogens with zero attached hydrogens (tertiary/aromatic N) is 1. The van der Waals surface area contributed by atoms with Crippen molar-refractivity contribution in [3.63, 3.8) is 0 Å². The van der Waals surface area contributed by atoms with Crippen LogP contribution in [-0.2, 0) is 0 Å². The Bertz CT molecular complexity index is 381. The largest absolute Gasteiger partial charge is 0.350 e. The number of urea groups is 1. The molecule has 0 atom stereocenters. The molecule has 74 valence electrons. The molecule has 0 aliphatic heterocycles. The Hall–Kier alpha value is -1.18. The van der Waals surface area contributed by atoms with E-state index in [9.17, 15) is 9.18 Å². The molecule has 0 radical (unpaired) electrons. The summed E-state index contributed by atoms with van der Waals surface area (Å²) in [6.45, 7) is 0. The van der Waals surface area contributed by atoms with Crippen LogP contribution in [-0.4, -0.2) is 12.2 Å². The first-order valence-corrected chi connectivity index (χ1v) is 4.71. The summed E-state index contributed by atoms with van der Waals surface area (Å²) in [6.07, 6.45) is 1.20. The van der Waals surface area contributed by atoms with E-state index in [1.807, 2.05) is 28.0 Å². The minimum Gasteiger partial charge on any atom is -0.350 e. The lowest BCUT2D eigenvalue weighted by Gasteiger charge is -1.97. The van der Waals surface area contributed by atoms with E-state index in [0.29, 0.717) is 5.56 Å². The Morgan fingerprint density at radius 1 is 1.64 bits per heavy atom. The molecule has 4 nitrogen and oxygen atoms in total. The van der Waals surface area contributed by atoms with E-state index in [0.717, 1.165) is 3.57 Å². The van der Waals surface area contributed by atoms with Gasteiger partial charge in [-0.05, 0) is 40.8 Å². The minimum atomic E-state index is -0.785. The van der Waals surface area contributed by atoms with Crippen LogP contribution >= 0.6 is 22.6 Å². The fourth-order valence-corrected chi connectivity index (χ4v) is 1.29. The maximum atomic E-state index is 13.1. The van der Waals surface area contributed by atoms with Crippen molar-refractivity contribution in [1.29, 1.82) is 0 Å². The number of nitrogens with two attached hydrogens (primary N) is 1. The Labute approximate surface area is 93.5 Å². The Morgan fingerprint density at radius 3 is 3.00 bits per heavy atom. The molecule has 0 fully saturated rings. The molecule has 0 heterocycles. The van der Waals surface area contributed by atoms with Crippen LogP contribution in [0.5, 0.6) is 0 Å². The third-order valence-corrected chi connectivity index (χ3v) is 2.01. The number of carbonyl (C=O) groups is 1. The first kappa shape index (κ1) is 10.9. The molecular weight excluding hydrogens is 300 g/mol. The van der Waals surface area contributed by atoms with Gasteiger partial charge in [-0.2, -0.15) is 5.10 Å². The molecule has 0 saturated heterocycles. The molecule has 0 spiro atoms. The number of benzene rings is 1. The summed E-state index contributed by atoms with van der Waals surface area (Å²) in [5.41, 5.74) is 7.04. The first-order valence-electron chi connectivity index (χ1n) is 3.63. The zero-order valence-electron chi connectivity index (χ0n) is 7.00. The number of nitrogens with one attached hydrogen (secondary N) is 1. The predicted octanol–water partition coefficient (Wildman–Crippen LogP) is 1.43. The predicted molar refractivity (Wildman–Crippen MR) is 59.4 cm³/mol. The Morgan fingerprint density at radius 2 is 2.36 bits per heavy atom. The molecular formula is C8H7FIN3O. The first-order chi connectivity index (χ1) is 6.59. The van der Waals surface area contributed by atoms with Crippen molar-refractivity contribution in [3.8, 4) is 0 Å². The van der Waals surface area contributed by atoms with Gasteiger partial charge in [0.25, 0.3) is 0 Å². The molecule has 0 aromatic heterocycles. The van der Waals surface area contributed by atoms with Gasteiger partial charge in [0.2, 0.25) is 0 Å². The lowest BCUT2D eigenvalue weighted by atomic mass is 10.2. The third kappa shape index (κ3) is 3.29. The van der Waals surface area contributed by atoms with Crippen LogP contribution in [0.2, 0.25) is 0 Å². The van der Waals surface area contributed by atoms with Crippen molar-refractivity contribution in [2.24, 2.45) is 10.8 Å². The normalized spacial score (nSPS) is 10.4. The van der Waals surface area contributed by atoms with Gasteiger partial charge in [0, 0.05) is 9.13 Å². The summed E-state index contributed by atoms with van der Waals surface area (Å²) in [5.74, 6) is -0.402. The van der Waals surface area contributed by atoms with Gasteiger partial charge in [0.1, 0.15) is 5.82 Å². The third-order valence-electron chi connectivity index (χ3n) is 1.34. The molecule has 6 heteroatoms.